The van der Waals surface area contributed by atoms with Crippen molar-refractivity contribution in [2.24, 2.45) is 5.84 Å². The molecule has 0 aliphatic heterocycles. The predicted molar refractivity (Wildman–Crippen MR) is 83.3 cm³/mol. The molecule has 2 aromatic rings. The first-order valence-corrected chi connectivity index (χ1v) is 7.34. The monoisotopic (exact) mass is 335 g/mol. The van der Waals surface area contributed by atoms with Gasteiger partial charge in [0.2, 0.25) is 0 Å². The first kappa shape index (κ1) is 15.0. The van der Waals surface area contributed by atoms with Crippen LogP contribution in [0, 0.1) is 0 Å². The predicted octanol–water partition coefficient (Wildman–Crippen LogP) is 3.19. The van der Waals surface area contributed by atoms with Gasteiger partial charge >= 0.3 is 0 Å². The van der Waals surface area contributed by atoms with E-state index in [0.29, 0.717) is 0 Å². The summed E-state index contributed by atoms with van der Waals surface area (Å²) in [7, 11) is 0. The Labute approximate surface area is 127 Å². The smallest absolute Gasteiger partial charge is 0.119 e. The zero-order valence-electron chi connectivity index (χ0n) is 11.3. The minimum atomic E-state index is -0.136. The number of rotatable bonds is 6. The number of hydrogen-bond donors (Lipinski definition) is 2. The highest BCUT2D eigenvalue weighted by molar-refractivity contribution is 9.10. The van der Waals surface area contributed by atoms with Crippen LogP contribution >= 0.6 is 15.9 Å². The number of nitrogens with zero attached hydrogens (tertiary/aromatic N) is 1. The van der Waals surface area contributed by atoms with Crippen molar-refractivity contribution in [2.75, 3.05) is 6.61 Å². The Hall–Kier alpha value is -1.43. The van der Waals surface area contributed by atoms with Gasteiger partial charge < -0.3 is 4.74 Å². The fourth-order valence-corrected chi connectivity index (χ4v) is 2.12. The summed E-state index contributed by atoms with van der Waals surface area (Å²) in [6.07, 6.45) is 2.76. The number of benzene rings is 1. The summed E-state index contributed by atoms with van der Waals surface area (Å²) in [6, 6.07) is 11.7. The molecule has 0 aliphatic rings. The van der Waals surface area contributed by atoms with E-state index >= 15 is 0 Å². The van der Waals surface area contributed by atoms with E-state index in [4.69, 9.17) is 10.6 Å². The number of ether oxygens (including phenoxy) is 1. The van der Waals surface area contributed by atoms with Crippen LogP contribution in [-0.4, -0.2) is 11.6 Å². The van der Waals surface area contributed by atoms with Crippen LogP contribution in [0.2, 0.25) is 0 Å². The van der Waals surface area contributed by atoms with E-state index < -0.39 is 0 Å². The molecule has 2 rings (SSSR count). The number of nitrogens with one attached hydrogen (secondary N) is 1. The minimum absolute atomic E-state index is 0.136. The van der Waals surface area contributed by atoms with E-state index in [9.17, 15) is 0 Å². The van der Waals surface area contributed by atoms with Gasteiger partial charge in [-0.1, -0.05) is 19.1 Å². The topological polar surface area (TPSA) is 60.2 Å². The van der Waals surface area contributed by atoms with E-state index in [1.807, 2.05) is 36.4 Å². The Kier molecular flexibility index (Phi) is 5.52. The molecule has 3 N–H and O–H groups in total. The molecule has 1 aromatic heterocycles. The van der Waals surface area contributed by atoms with Crippen LogP contribution in [0.3, 0.4) is 0 Å². The normalized spacial score (nSPS) is 12.2. The number of pyridine rings is 1. The van der Waals surface area contributed by atoms with Crippen molar-refractivity contribution in [3.8, 4) is 5.75 Å². The van der Waals surface area contributed by atoms with Gasteiger partial charge in [0.25, 0.3) is 0 Å². The van der Waals surface area contributed by atoms with Gasteiger partial charge in [0, 0.05) is 10.7 Å². The standard InChI is InChI=1S/C15H18BrN3O/c1-2-9-20-13-6-3-11(4-7-13)15(19-17)14-8-5-12(16)10-18-14/h3-8,10,15,19H,2,9,17H2,1H3. The Morgan fingerprint density at radius 1 is 1.25 bits per heavy atom. The Balaban J connectivity index is 2.17. The number of aromatic nitrogens is 1. The summed E-state index contributed by atoms with van der Waals surface area (Å²) in [5.74, 6) is 6.53. The van der Waals surface area contributed by atoms with Crippen LogP contribution in [-0.2, 0) is 0 Å². The van der Waals surface area contributed by atoms with Gasteiger partial charge in [0.1, 0.15) is 5.75 Å². The average Bonchev–Trinajstić information content (AvgIpc) is 2.49. The van der Waals surface area contributed by atoms with E-state index in [0.717, 1.165) is 34.5 Å². The fraction of sp³-hybridized carbons (Fsp3) is 0.267. The molecular formula is C15H18BrN3O. The Morgan fingerprint density at radius 2 is 2.00 bits per heavy atom. The minimum Gasteiger partial charge on any atom is -0.494 e. The lowest BCUT2D eigenvalue weighted by Crippen LogP contribution is -2.29. The van der Waals surface area contributed by atoms with Gasteiger partial charge in [-0.3, -0.25) is 10.8 Å². The SMILES string of the molecule is CCCOc1ccc(C(NN)c2ccc(Br)cn2)cc1. The number of nitrogens with two attached hydrogens (primary N) is 1. The van der Waals surface area contributed by atoms with Crippen LogP contribution < -0.4 is 16.0 Å². The summed E-state index contributed by atoms with van der Waals surface area (Å²) in [6.45, 7) is 2.81. The second kappa shape index (κ2) is 7.38. The van der Waals surface area contributed by atoms with E-state index in [2.05, 4.69) is 33.3 Å². The van der Waals surface area contributed by atoms with Crippen molar-refractivity contribution in [1.82, 2.24) is 10.4 Å². The molecule has 0 spiro atoms. The molecule has 1 unspecified atom stereocenters. The summed E-state index contributed by atoms with van der Waals surface area (Å²) in [4.78, 5) is 4.38. The van der Waals surface area contributed by atoms with Crippen molar-refractivity contribution >= 4 is 15.9 Å². The molecule has 5 heteroatoms. The molecule has 0 aliphatic carbocycles. The number of hydrogen-bond acceptors (Lipinski definition) is 4. The van der Waals surface area contributed by atoms with Crippen molar-refractivity contribution in [1.29, 1.82) is 0 Å². The average molecular weight is 336 g/mol. The largest absolute Gasteiger partial charge is 0.494 e. The molecule has 20 heavy (non-hydrogen) atoms. The van der Waals surface area contributed by atoms with Gasteiger partial charge in [-0.25, -0.2) is 5.43 Å². The van der Waals surface area contributed by atoms with Crippen LogP contribution in [0.1, 0.15) is 30.6 Å². The van der Waals surface area contributed by atoms with Crippen molar-refractivity contribution in [2.45, 2.75) is 19.4 Å². The molecule has 0 saturated carbocycles. The van der Waals surface area contributed by atoms with Crippen molar-refractivity contribution < 1.29 is 4.74 Å². The highest BCUT2D eigenvalue weighted by atomic mass is 79.9. The maximum Gasteiger partial charge on any atom is 0.119 e. The first-order valence-electron chi connectivity index (χ1n) is 6.55. The van der Waals surface area contributed by atoms with E-state index in [1.165, 1.54) is 0 Å². The fourth-order valence-electron chi connectivity index (χ4n) is 1.89. The molecule has 106 valence electrons. The van der Waals surface area contributed by atoms with Crippen LogP contribution in [0.15, 0.2) is 47.1 Å². The van der Waals surface area contributed by atoms with E-state index in [1.54, 1.807) is 6.20 Å². The lowest BCUT2D eigenvalue weighted by molar-refractivity contribution is 0.317. The molecule has 0 fully saturated rings. The first-order chi connectivity index (χ1) is 9.74. The van der Waals surface area contributed by atoms with E-state index in [-0.39, 0.29) is 6.04 Å². The summed E-state index contributed by atoms with van der Waals surface area (Å²) in [5, 5.41) is 0. The highest BCUT2D eigenvalue weighted by Gasteiger charge is 2.13. The van der Waals surface area contributed by atoms with Gasteiger partial charge in [-0.15, -0.1) is 0 Å². The van der Waals surface area contributed by atoms with Crippen LogP contribution in [0.5, 0.6) is 5.75 Å². The molecule has 0 saturated heterocycles. The lowest BCUT2D eigenvalue weighted by atomic mass is 10.0. The molecule has 0 amide bonds. The second-order valence-electron chi connectivity index (χ2n) is 4.42. The second-order valence-corrected chi connectivity index (χ2v) is 5.33. The molecule has 1 heterocycles. The molecule has 4 nitrogen and oxygen atoms in total. The molecule has 1 aromatic carbocycles. The summed E-state index contributed by atoms with van der Waals surface area (Å²) < 4.78 is 6.52. The van der Waals surface area contributed by atoms with Gasteiger partial charge in [0.15, 0.2) is 0 Å². The molecule has 0 radical (unpaired) electrons. The van der Waals surface area contributed by atoms with Crippen molar-refractivity contribution in [3.05, 3.63) is 58.3 Å². The zero-order valence-corrected chi connectivity index (χ0v) is 12.9. The van der Waals surface area contributed by atoms with Gasteiger partial charge in [-0.05, 0) is 52.2 Å². The van der Waals surface area contributed by atoms with Gasteiger partial charge in [-0.2, -0.15) is 0 Å². The maximum absolute atomic E-state index is 5.66. The Bertz CT molecular complexity index is 528. The summed E-state index contributed by atoms with van der Waals surface area (Å²) >= 11 is 3.38. The van der Waals surface area contributed by atoms with Crippen LogP contribution in [0.25, 0.3) is 0 Å². The maximum atomic E-state index is 5.66. The van der Waals surface area contributed by atoms with Crippen molar-refractivity contribution in [3.63, 3.8) is 0 Å². The number of hydrazine groups is 1. The number of halogens is 1. The quantitative estimate of drug-likeness (QED) is 0.628. The van der Waals surface area contributed by atoms with Crippen LogP contribution in [0.4, 0.5) is 0 Å². The zero-order chi connectivity index (χ0) is 14.4. The molecular weight excluding hydrogens is 318 g/mol. The Morgan fingerprint density at radius 3 is 2.55 bits per heavy atom. The molecule has 1 atom stereocenters. The third-order valence-corrected chi connectivity index (χ3v) is 3.37. The summed E-state index contributed by atoms with van der Waals surface area (Å²) in [5.41, 5.74) is 4.72. The molecule has 0 bridgehead atoms. The third kappa shape index (κ3) is 3.79. The highest BCUT2D eigenvalue weighted by Crippen LogP contribution is 2.23. The van der Waals surface area contributed by atoms with Gasteiger partial charge in [0.05, 0.1) is 18.3 Å². The third-order valence-electron chi connectivity index (χ3n) is 2.90. The lowest BCUT2D eigenvalue weighted by Gasteiger charge is -2.16.